The highest BCUT2D eigenvalue weighted by Gasteiger charge is 2.21. The van der Waals surface area contributed by atoms with Crippen molar-refractivity contribution in [2.75, 3.05) is 11.9 Å². The summed E-state index contributed by atoms with van der Waals surface area (Å²) < 4.78 is 16.6. The number of nitrogens with zero attached hydrogens (tertiary/aromatic N) is 1. The quantitative estimate of drug-likeness (QED) is 0.396. The van der Waals surface area contributed by atoms with Gasteiger partial charge in [0, 0.05) is 11.3 Å². The molecular weight excluding hydrogens is 392 g/mol. The van der Waals surface area contributed by atoms with E-state index in [4.69, 9.17) is 14.0 Å². The normalized spacial score (nSPS) is 10.5. The van der Waals surface area contributed by atoms with Gasteiger partial charge in [-0.2, -0.15) is 0 Å². The number of amides is 1. The van der Waals surface area contributed by atoms with Gasteiger partial charge < -0.3 is 19.3 Å². The van der Waals surface area contributed by atoms with Crippen LogP contribution in [0.4, 0.5) is 5.69 Å². The second-order valence-electron chi connectivity index (χ2n) is 6.81. The molecule has 1 amide bonds. The van der Waals surface area contributed by atoms with Crippen LogP contribution in [0.1, 0.15) is 23.0 Å². The Morgan fingerprint density at radius 2 is 1.52 bits per heavy atom. The lowest BCUT2D eigenvalue weighted by Crippen LogP contribution is -2.13. The summed E-state index contributed by atoms with van der Waals surface area (Å²) in [6, 6.07) is 24.1. The lowest BCUT2D eigenvalue weighted by molar-refractivity contribution is 0.102. The molecule has 1 heterocycles. The Morgan fingerprint density at radius 3 is 2.16 bits per heavy atom. The summed E-state index contributed by atoms with van der Waals surface area (Å²) in [4.78, 5) is 12.9. The van der Waals surface area contributed by atoms with Crippen LogP contribution in [0.5, 0.6) is 17.2 Å². The molecule has 0 radical (unpaired) electrons. The zero-order valence-corrected chi connectivity index (χ0v) is 17.3. The van der Waals surface area contributed by atoms with Crippen molar-refractivity contribution in [3.05, 3.63) is 90.2 Å². The van der Waals surface area contributed by atoms with E-state index in [1.807, 2.05) is 61.5 Å². The summed E-state index contributed by atoms with van der Waals surface area (Å²) in [6.07, 6.45) is 0. The van der Waals surface area contributed by atoms with Crippen molar-refractivity contribution in [1.29, 1.82) is 0 Å². The topological polar surface area (TPSA) is 73.6 Å². The molecule has 31 heavy (non-hydrogen) atoms. The smallest absolute Gasteiger partial charge is 0.261 e. The Kier molecular flexibility index (Phi) is 5.98. The minimum absolute atomic E-state index is 0.280. The van der Waals surface area contributed by atoms with Gasteiger partial charge in [0.1, 0.15) is 34.3 Å². The maximum absolute atomic E-state index is 12.9. The van der Waals surface area contributed by atoms with Gasteiger partial charge in [0.2, 0.25) is 0 Å². The number of aromatic nitrogens is 1. The van der Waals surface area contributed by atoms with Crippen LogP contribution in [0.3, 0.4) is 0 Å². The van der Waals surface area contributed by atoms with Gasteiger partial charge in [-0.25, -0.2) is 0 Å². The first-order valence-electron chi connectivity index (χ1n) is 9.98. The van der Waals surface area contributed by atoms with Crippen molar-refractivity contribution < 1.29 is 18.8 Å². The first-order valence-corrected chi connectivity index (χ1v) is 9.98. The van der Waals surface area contributed by atoms with Crippen LogP contribution in [0, 0.1) is 6.92 Å². The minimum Gasteiger partial charge on any atom is -0.494 e. The van der Waals surface area contributed by atoms with E-state index in [0.717, 1.165) is 11.3 Å². The molecule has 0 aliphatic rings. The monoisotopic (exact) mass is 414 g/mol. The van der Waals surface area contributed by atoms with E-state index in [9.17, 15) is 4.79 Å². The van der Waals surface area contributed by atoms with Crippen molar-refractivity contribution >= 4 is 11.6 Å². The molecule has 0 saturated heterocycles. The third-order valence-electron chi connectivity index (χ3n) is 4.62. The highest BCUT2D eigenvalue weighted by Crippen LogP contribution is 2.28. The number of benzene rings is 3. The number of carbonyl (C=O) groups excluding carboxylic acids is 1. The van der Waals surface area contributed by atoms with E-state index in [0.29, 0.717) is 40.8 Å². The van der Waals surface area contributed by atoms with E-state index in [-0.39, 0.29) is 5.91 Å². The summed E-state index contributed by atoms with van der Waals surface area (Å²) in [6.45, 7) is 4.29. The number of aryl methyl sites for hydroxylation is 1. The van der Waals surface area contributed by atoms with Crippen LogP contribution in [-0.4, -0.2) is 17.7 Å². The zero-order chi connectivity index (χ0) is 21.6. The van der Waals surface area contributed by atoms with Crippen molar-refractivity contribution in [3.63, 3.8) is 0 Å². The highest BCUT2D eigenvalue weighted by molar-refractivity contribution is 6.08. The van der Waals surface area contributed by atoms with Gasteiger partial charge in [0.05, 0.1) is 6.61 Å². The molecule has 1 aromatic heterocycles. The van der Waals surface area contributed by atoms with Crippen LogP contribution in [0.15, 0.2) is 83.4 Å². The number of ether oxygens (including phenoxy) is 2. The van der Waals surface area contributed by atoms with Gasteiger partial charge in [-0.05, 0) is 62.4 Å². The largest absolute Gasteiger partial charge is 0.494 e. The van der Waals surface area contributed by atoms with Gasteiger partial charge >= 0.3 is 0 Å². The third-order valence-corrected chi connectivity index (χ3v) is 4.62. The molecule has 0 atom stereocenters. The molecule has 0 bridgehead atoms. The fourth-order valence-corrected chi connectivity index (χ4v) is 3.14. The average molecular weight is 414 g/mol. The molecule has 0 aliphatic heterocycles. The summed E-state index contributed by atoms with van der Waals surface area (Å²) in [7, 11) is 0. The predicted molar refractivity (Wildman–Crippen MR) is 119 cm³/mol. The molecule has 0 unspecified atom stereocenters. The number of anilines is 1. The van der Waals surface area contributed by atoms with Gasteiger partial charge in [0.15, 0.2) is 0 Å². The maximum Gasteiger partial charge on any atom is 0.261 e. The van der Waals surface area contributed by atoms with Gasteiger partial charge in [-0.1, -0.05) is 35.5 Å². The van der Waals surface area contributed by atoms with Crippen molar-refractivity contribution in [2.45, 2.75) is 13.8 Å². The summed E-state index contributed by atoms with van der Waals surface area (Å²) in [5.74, 6) is 2.34. The van der Waals surface area contributed by atoms with E-state index in [2.05, 4.69) is 10.5 Å². The van der Waals surface area contributed by atoms with Crippen molar-refractivity contribution in [3.8, 4) is 28.5 Å². The third kappa shape index (κ3) is 4.75. The summed E-state index contributed by atoms with van der Waals surface area (Å²) >= 11 is 0. The maximum atomic E-state index is 12.9. The molecule has 4 aromatic rings. The second-order valence-corrected chi connectivity index (χ2v) is 6.81. The van der Waals surface area contributed by atoms with Gasteiger partial charge in [-0.15, -0.1) is 0 Å². The molecule has 0 fully saturated rings. The zero-order valence-electron chi connectivity index (χ0n) is 17.3. The van der Waals surface area contributed by atoms with Crippen molar-refractivity contribution in [2.24, 2.45) is 0 Å². The van der Waals surface area contributed by atoms with E-state index < -0.39 is 0 Å². The number of rotatable bonds is 7. The average Bonchev–Trinajstić information content (AvgIpc) is 3.19. The van der Waals surface area contributed by atoms with Crippen molar-refractivity contribution in [1.82, 2.24) is 5.16 Å². The number of hydrogen-bond donors (Lipinski definition) is 1. The Labute approximate surface area is 180 Å². The highest BCUT2D eigenvalue weighted by atomic mass is 16.5. The molecule has 6 nitrogen and oxygen atoms in total. The Bertz CT molecular complexity index is 1150. The molecule has 0 saturated carbocycles. The summed E-state index contributed by atoms with van der Waals surface area (Å²) in [5, 5.41) is 6.96. The van der Waals surface area contributed by atoms with E-state index in [1.165, 1.54) is 0 Å². The molecule has 3 aromatic carbocycles. The molecule has 0 spiro atoms. The van der Waals surface area contributed by atoms with Crippen LogP contribution < -0.4 is 14.8 Å². The minimum atomic E-state index is -0.280. The van der Waals surface area contributed by atoms with Crippen LogP contribution >= 0.6 is 0 Å². The Balaban J connectivity index is 1.45. The first kappa shape index (κ1) is 20.2. The first-order chi connectivity index (χ1) is 15.1. The van der Waals surface area contributed by atoms with Crippen LogP contribution in [-0.2, 0) is 0 Å². The van der Waals surface area contributed by atoms with E-state index >= 15 is 0 Å². The van der Waals surface area contributed by atoms with Crippen LogP contribution in [0.25, 0.3) is 11.3 Å². The fourth-order valence-electron chi connectivity index (χ4n) is 3.14. The van der Waals surface area contributed by atoms with Crippen LogP contribution in [0.2, 0.25) is 0 Å². The van der Waals surface area contributed by atoms with E-state index in [1.54, 1.807) is 31.2 Å². The van der Waals surface area contributed by atoms with Gasteiger partial charge in [0.25, 0.3) is 5.91 Å². The molecule has 6 heteroatoms. The Hall–Kier alpha value is -4.06. The molecule has 0 aliphatic carbocycles. The SMILES string of the molecule is CCOc1ccc(Oc2ccc(NC(=O)c3c(-c4ccccc4)noc3C)cc2)cc1. The number of nitrogens with one attached hydrogen (secondary N) is 1. The summed E-state index contributed by atoms with van der Waals surface area (Å²) in [5.41, 5.74) is 2.40. The lowest BCUT2D eigenvalue weighted by atomic mass is 10.1. The molecular formula is C25H22N2O4. The molecule has 1 N–H and O–H groups in total. The predicted octanol–water partition coefficient (Wildman–Crippen LogP) is 6.09. The second kappa shape index (κ2) is 9.17. The fraction of sp³-hybridized carbons (Fsp3) is 0.120. The Morgan fingerprint density at radius 1 is 0.903 bits per heavy atom. The number of carbonyl (C=O) groups is 1. The standard InChI is InChI=1S/C25H22N2O4/c1-3-29-20-13-15-22(16-14-20)30-21-11-9-19(10-12-21)26-25(28)23-17(2)31-27-24(23)18-7-5-4-6-8-18/h4-16H,3H2,1-2H3,(H,26,28). The van der Waals surface area contributed by atoms with Gasteiger partial charge in [-0.3, -0.25) is 4.79 Å². The molecule has 4 rings (SSSR count). The lowest BCUT2D eigenvalue weighted by Gasteiger charge is -2.09. The number of hydrogen-bond acceptors (Lipinski definition) is 5. The molecule has 156 valence electrons.